The number of rotatable bonds is 10. The standard InChI is InChI=1S/C23H26N2O4/c1-3-6-20(19-9-10-22(17(2)15-19)28-16-23(26)27)24-29-14-13-25-12-11-18-7-4-5-8-21(18)25/h4-5,7-12,15H,3,6,13-14,16H2,1-2H3,(H,26,27)/b24-20+. The fourth-order valence-corrected chi connectivity index (χ4v) is 3.21. The summed E-state index contributed by atoms with van der Waals surface area (Å²) in [5.74, 6) is -0.432. The maximum Gasteiger partial charge on any atom is 0.341 e. The normalized spacial score (nSPS) is 11.6. The lowest BCUT2D eigenvalue weighted by molar-refractivity contribution is -0.139. The van der Waals surface area contributed by atoms with E-state index in [9.17, 15) is 4.79 Å². The molecule has 0 radical (unpaired) electrons. The molecule has 0 bridgehead atoms. The molecule has 0 spiro atoms. The molecule has 1 aromatic heterocycles. The fraction of sp³-hybridized carbons (Fsp3) is 0.304. The third-order valence-electron chi connectivity index (χ3n) is 4.62. The van der Waals surface area contributed by atoms with Crippen LogP contribution in [0.2, 0.25) is 0 Å². The van der Waals surface area contributed by atoms with E-state index in [4.69, 9.17) is 14.7 Å². The van der Waals surface area contributed by atoms with Crippen LogP contribution < -0.4 is 4.74 Å². The number of benzene rings is 2. The predicted octanol–water partition coefficient (Wildman–Crippen LogP) is 4.63. The molecular weight excluding hydrogens is 368 g/mol. The number of aryl methyl sites for hydroxylation is 1. The van der Waals surface area contributed by atoms with Crippen LogP contribution in [0.4, 0.5) is 0 Å². The van der Waals surface area contributed by atoms with E-state index in [-0.39, 0.29) is 6.61 Å². The summed E-state index contributed by atoms with van der Waals surface area (Å²) < 4.78 is 7.45. The van der Waals surface area contributed by atoms with Crippen LogP contribution in [0.1, 0.15) is 30.9 Å². The number of carboxylic acids is 1. The van der Waals surface area contributed by atoms with E-state index in [1.807, 2.05) is 31.2 Å². The van der Waals surface area contributed by atoms with Crippen LogP contribution in [0.15, 0.2) is 59.9 Å². The fourth-order valence-electron chi connectivity index (χ4n) is 3.21. The van der Waals surface area contributed by atoms with Crippen LogP contribution in [0.3, 0.4) is 0 Å². The molecule has 0 atom stereocenters. The lowest BCUT2D eigenvalue weighted by Crippen LogP contribution is -2.10. The number of ether oxygens (including phenoxy) is 1. The molecule has 0 fully saturated rings. The van der Waals surface area contributed by atoms with Crippen molar-refractivity contribution in [2.45, 2.75) is 33.2 Å². The van der Waals surface area contributed by atoms with E-state index >= 15 is 0 Å². The lowest BCUT2D eigenvalue weighted by Gasteiger charge is -2.11. The highest BCUT2D eigenvalue weighted by Gasteiger charge is 2.09. The van der Waals surface area contributed by atoms with Crippen LogP contribution in [-0.2, 0) is 16.2 Å². The van der Waals surface area contributed by atoms with Crippen molar-refractivity contribution in [2.24, 2.45) is 5.16 Å². The molecule has 1 N–H and O–H groups in total. The van der Waals surface area contributed by atoms with Crippen molar-refractivity contribution in [2.75, 3.05) is 13.2 Å². The van der Waals surface area contributed by atoms with Gasteiger partial charge < -0.3 is 19.2 Å². The summed E-state index contributed by atoms with van der Waals surface area (Å²) in [4.78, 5) is 16.3. The van der Waals surface area contributed by atoms with Gasteiger partial charge in [0.05, 0.1) is 12.3 Å². The first kappa shape index (κ1) is 20.5. The van der Waals surface area contributed by atoms with Gasteiger partial charge in [-0.25, -0.2) is 4.79 Å². The van der Waals surface area contributed by atoms with Crippen LogP contribution in [0.25, 0.3) is 10.9 Å². The molecule has 3 aromatic rings. The molecule has 0 saturated heterocycles. The van der Waals surface area contributed by atoms with Crippen molar-refractivity contribution in [3.05, 3.63) is 65.9 Å². The molecule has 0 amide bonds. The summed E-state index contributed by atoms with van der Waals surface area (Å²) >= 11 is 0. The van der Waals surface area contributed by atoms with Gasteiger partial charge in [-0.1, -0.05) is 36.7 Å². The Labute approximate surface area is 170 Å². The first-order valence-corrected chi connectivity index (χ1v) is 9.77. The maximum atomic E-state index is 10.7. The average Bonchev–Trinajstić information content (AvgIpc) is 3.12. The Kier molecular flexibility index (Phi) is 6.89. The molecule has 29 heavy (non-hydrogen) atoms. The Hall–Kier alpha value is -3.28. The summed E-state index contributed by atoms with van der Waals surface area (Å²) in [6.45, 7) is 4.83. The molecule has 1 heterocycles. The molecule has 6 heteroatoms. The minimum Gasteiger partial charge on any atom is -0.482 e. The van der Waals surface area contributed by atoms with Gasteiger partial charge in [-0.05, 0) is 60.2 Å². The van der Waals surface area contributed by atoms with Crippen molar-refractivity contribution in [3.63, 3.8) is 0 Å². The van der Waals surface area contributed by atoms with Gasteiger partial charge in [0.1, 0.15) is 12.4 Å². The number of carboxylic acid groups (broad SMARTS) is 1. The monoisotopic (exact) mass is 394 g/mol. The number of nitrogens with zero attached hydrogens (tertiary/aromatic N) is 2. The van der Waals surface area contributed by atoms with Crippen molar-refractivity contribution >= 4 is 22.6 Å². The molecule has 0 aliphatic carbocycles. The van der Waals surface area contributed by atoms with Crippen molar-refractivity contribution in [3.8, 4) is 5.75 Å². The van der Waals surface area contributed by atoms with Crippen molar-refractivity contribution in [1.29, 1.82) is 0 Å². The second-order valence-electron chi connectivity index (χ2n) is 6.85. The number of hydrogen-bond donors (Lipinski definition) is 1. The lowest BCUT2D eigenvalue weighted by atomic mass is 10.0. The Bertz CT molecular complexity index is 1010. The number of aliphatic carboxylic acids is 1. The van der Waals surface area contributed by atoms with Crippen LogP contribution in [0, 0.1) is 6.92 Å². The second-order valence-corrected chi connectivity index (χ2v) is 6.85. The van der Waals surface area contributed by atoms with E-state index in [1.165, 1.54) is 10.9 Å². The molecular formula is C23H26N2O4. The van der Waals surface area contributed by atoms with Crippen LogP contribution in [0.5, 0.6) is 5.75 Å². The van der Waals surface area contributed by atoms with Crippen molar-refractivity contribution < 1.29 is 19.5 Å². The van der Waals surface area contributed by atoms with Crippen LogP contribution >= 0.6 is 0 Å². The number of oxime groups is 1. The molecule has 2 aromatic carbocycles. The van der Waals surface area contributed by atoms with Crippen LogP contribution in [-0.4, -0.2) is 34.6 Å². The topological polar surface area (TPSA) is 73.0 Å². The Balaban J connectivity index is 1.65. The summed E-state index contributed by atoms with van der Waals surface area (Å²) in [6.07, 6.45) is 3.80. The smallest absolute Gasteiger partial charge is 0.341 e. The Morgan fingerprint density at radius 2 is 2.00 bits per heavy atom. The van der Waals surface area contributed by atoms with E-state index in [0.717, 1.165) is 36.2 Å². The van der Waals surface area contributed by atoms with Crippen molar-refractivity contribution in [1.82, 2.24) is 4.57 Å². The van der Waals surface area contributed by atoms with Gasteiger partial charge in [0, 0.05) is 11.7 Å². The summed E-state index contributed by atoms with van der Waals surface area (Å²) in [7, 11) is 0. The molecule has 3 rings (SSSR count). The number of carbonyl (C=O) groups is 1. The summed E-state index contributed by atoms with van der Waals surface area (Å²) in [5.41, 5.74) is 3.88. The Morgan fingerprint density at radius 1 is 1.17 bits per heavy atom. The molecule has 0 aliphatic heterocycles. The van der Waals surface area contributed by atoms with Gasteiger partial charge in [0.25, 0.3) is 0 Å². The minimum absolute atomic E-state index is 0.354. The molecule has 0 aliphatic rings. The zero-order valence-corrected chi connectivity index (χ0v) is 16.8. The number of hydrogen-bond acceptors (Lipinski definition) is 4. The second kappa shape index (κ2) is 9.78. The zero-order chi connectivity index (χ0) is 20.6. The first-order valence-electron chi connectivity index (χ1n) is 9.77. The first-order chi connectivity index (χ1) is 14.1. The molecule has 6 nitrogen and oxygen atoms in total. The number of para-hydroxylation sites is 1. The quantitative estimate of drug-likeness (QED) is 0.309. The maximum absolute atomic E-state index is 10.7. The van der Waals surface area contributed by atoms with E-state index in [0.29, 0.717) is 12.4 Å². The number of fused-ring (bicyclic) bond motifs is 1. The van der Waals surface area contributed by atoms with Gasteiger partial charge in [-0.2, -0.15) is 0 Å². The summed E-state index contributed by atoms with van der Waals surface area (Å²) in [5, 5.41) is 14.4. The third-order valence-corrected chi connectivity index (χ3v) is 4.62. The van der Waals surface area contributed by atoms with Gasteiger partial charge in [-0.3, -0.25) is 0 Å². The van der Waals surface area contributed by atoms with E-state index in [1.54, 1.807) is 6.07 Å². The largest absolute Gasteiger partial charge is 0.482 e. The number of aromatic nitrogens is 1. The van der Waals surface area contributed by atoms with Gasteiger partial charge in [0.2, 0.25) is 0 Å². The minimum atomic E-state index is -0.995. The highest BCUT2D eigenvalue weighted by atomic mass is 16.6. The highest BCUT2D eigenvalue weighted by Crippen LogP contribution is 2.21. The summed E-state index contributed by atoms with van der Waals surface area (Å²) in [6, 6.07) is 16.0. The SMILES string of the molecule is CCC/C(=N\OCCn1ccc2ccccc21)c1ccc(OCC(=O)O)c(C)c1. The molecule has 0 unspecified atom stereocenters. The highest BCUT2D eigenvalue weighted by molar-refractivity contribution is 6.00. The third kappa shape index (κ3) is 5.38. The molecule has 0 saturated carbocycles. The van der Waals surface area contributed by atoms with Gasteiger partial charge in [0.15, 0.2) is 6.61 Å². The molecule has 152 valence electrons. The van der Waals surface area contributed by atoms with Gasteiger partial charge >= 0.3 is 5.97 Å². The predicted molar refractivity (Wildman–Crippen MR) is 114 cm³/mol. The van der Waals surface area contributed by atoms with E-state index in [2.05, 4.69) is 41.0 Å². The van der Waals surface area contributed by atoms with E-state index < -0.39 is 5.97 Å². The Morgan fingerprint density at radius 3 is 2.76 bits per heavy atom. The zero-order valence-electron chi connectivity index (χ0n) is 16.8. The average molecular weight is 394 g/mol. The van der Waals surface area contributed by atoms with Gasteiger partial charge in [-0.15, -0.1) is 0 Å².